The summed E-state index contributed by atoms with van der Waals surface area (Å²) in [5.41, 5.74) is 1.08. The van der Waals surface area contributed by atoms with Crippen LogP contribution in [0.25, 0.3) is 0 Å². The van der Waals surface area contributed by atoms with Gasteiger partial charge in [-0.05, 0) is 59.6 Å². The smallest absolute Gasteiger partial charge is 0.238 e. The molecule has 3 N–H and O–H groups in total. The largest absolute Gasteiger partial charge is 0.309 e. The summed E-state index contributed by atoms with van der Waals surface area (Å²) >= 11 is 5.17. The monoisotopic (exact) mass is 388 g/mol. The molecule has 1 atom stereocenters. The van der Waals surface area contributed by atoms with Crippen LogP contribution in [0.4, 0.5) is 0 Å². The van der Waals surface area contributed by atoms with Gasteiger partial charge in [0.15, 0.2) is 0 Å². The van der Waals surface area contributed by atoms with Gasteiger partial charge in [-0.3, -0.25) is 0 Å². The van der Waals surface area contributed by atoms with Gasteiger partial charge < -0.3 is 5.32 Å². The van der Waals surface area contributed by atoms with Crippen LogP contribution in [0.3, 0.4) is 0 Å². The topological polar surface area (TPSA) is 72.2 Å². The van der Waals surface area contributed by atoms with E-state index in [2.05, 4.69) is 39.6 Å². The molecule has 4 nitrogen and oxygen atoms in total. The van der Waals surface area contributed by atoms with Gasteiger partial charge in [-0.15, -0.1) is 11.3 Å². The highest BCUT2D eigenvalue weighted by Crippen LogP contribution is 2.25. The van der Waals surface area contributed by atoms with Gasteiger partial charge in [-0.1, -0.05) is 12.1 Å². The molecule has 0 saturated carbocycles. The van der Waals surface area contributed by atoms with Crippen molar-refractivity contribution >= 4 is 37.3 Å². The Morgan fingerprint density at radius 3 is 2.52 bits per heavy atom. The van der Waals surface area contributed by atoms with Crippen LogP contribution in [0.5, 0.6) is 0 Å². The molecule has 0 spiro atoms. The van der Waals surface area contributed by atoms with Crippen molar-refractivity contribution in [2.75, 3.05) is 6.54 Å². The van der Waals surface area contributed by atoms with Crippen molar-refractivity contribution in [3.8, 4) is 0 Å². The van der Waals surface area contributed by atoms with Crippen molar-refractivity contribution in [1.29, 1.82) is 0 Å². The maximum atomic E-state index is 11.2. The van der Waals surface area contributed by atoms with Gasteiger partial charge in [0.05, 0.1) is 4.90 Å². The lowest BCUT2D eigenvalue weighted by atomic mass is 10.1. The summed E-state index contributed by atoms with van der Waals surface area (Å²) in [6.45, 7) is 2.95. The van der Waals surface area contributed by atoms with Crippen LogP contribution in [-0.4, -0.2) is 15.0 Å². The predicted molar refractivity (Wildman–Crippen MR) is 90.0 cm³/mol. The quantitative estimate of drug-likeness (QED) is 0.798. The Kier molecular flexibility index (Phi) is 5.56. The third-order valence-electron chi connectivity index (χ3n) is 3.13. The summed E-state index contributed by atoms with van der Waals surface area (Å²) in [5.74, 6) is 0. The molecule has 2 aromatic rings. The van der Waals surface area contributed by atoms with Crippen LogP contribution in [0.15, 0.2) is 45.1 Å². The highest BCUT2D eigenvalue weighted by molar-refractivity contribution is 9.10. The second-order valence-corrected chi connectivity index (χ2v) is 8.20. The van der Waals surface area contributed by atoms with Gasteiger partial charge >= 0.3 is 0 Å². The molecule has 0 aliphatic rings. The molecule has 0 aliphatic carbocycles. The van der Waals surface area contributed by atoms with Crippen LogP contribution >= 0.6 is 27.3 Å². The lowest BCUT2D eigenvalue weighted by Crippen LogP contribution is -2.20. The first kappa shape index (κ1) is 16.6. The Morgan fingerprint density at radius 1 is 1.33 bits per heavy atom. The molecule has 0 radical (unpaired) electrons. The third-order valence-corrected chi connectivity index (χ3v) is 5.94. The number of nitrogens with two attached hydrogens (primary N) is 1. The number of benzene rings is 1. The molecule has 1 heterocycles. The molecule has 1 unspecified atom stereocenters. The normalized spacial score (nSPS) is 13.3. The fraction of sp³-hybridized carbons (Fsp3) is 0.286. The van der Waals surface area contributed by atoms with Crippen molar-refractivity contribution < 1.29 is 8.42 Å². The molecule has 2 rings (SSSR count). The van der Waals surface area contributed by atoms with Crippen LogP contribution in [0.1, 0.15) is 23.4 Å². The molecule has 1 aromatic heterocycles. The van der Waals surface area contributed by atoms with E-state index in [9.17, 15) is 8.42 Å². The molecule has 1 aromatic carbocycles. The zero-order valence-corrected chi connectivity index (χ0v) is 14.8. The maximum absolute atomic E-state index is 11.2. The third kappa shape index (κ3) is 4.89. The Balaban J connectivity index is 1.86. The molecule has 0 aliphatic heterocycles. The van der Waals surface area contributed by atoms with E-state index in [4.69, 9.17) is 5.14 Å². The first-order valence-electron chi connectivity index (χ1n) is 6.45. The predicted octanol–water partition coefficient (Wildman–Crippen LogP) is 3.05. The number of thiophene rings is 1. The van der Waals surface area contributed by atoms with Gasteiger partial charge in [0.2, 0.25) is 10.0 Å². The SMILES string of the molecule is CC(NCCc1ccc(S(N)(=O)=O)cc1)c1cc(Br)cs1. The molecule has 0 fully saturated rings. The summed E-state index contributed by atoms with van der Waals surface area (Å²) in [4.78, 5) is 1.43. The van der Waals surface area contributed by atoms with E-state index in [0.29, 0.717) is 6.04 Å². The number of nitrogens with one attached hydrogen (secondary N) is 1. The minimum Gasteiger partial charge on any atom is -0.309 e. The number of hydrogen-bond donors (Lipinski definition) is 2. The fourth-order valence-electron chi connectivity index (χ4n) is 1.93. The Labute approximate surface area is 137 Å². The maximum Gasteiger partial charge on any atom is 0.238 e. The first-order valence-corrected chi connectivity index (χ1v) is 9.67. The lowest BCUT2D eigenvalue weighted by Gasteiger charge is -2.12. The van der Waals surface area contributed by atoms with Gasteiger partial charge in [-0.2, -0.15) is 0 Å². The summed E-state index contributed by atoms with van der Waals surface area (Å²) < 4.78 is 23.4. The van der Waals surface area contributed by atoms with Crippen LogP contribution in [0.2, 0.25) is 0 Å². The number of hydrogen-bond acceptors (Lipinski definition) is 4. The van der Waals surface area contributed by atoms with Gasteiger partial charge in [0.1, 0.15) is 0 Å². The molecule has 114 valence electrons. The van der Waals surface area contributed by atoms with Crippen molar-refractivity contribution in [3.63, 3.8) is 0 Å². The van der Waals surface area contributed by atoms with E-state index >= 15 is 0 Å². The second kappa shape index (κ2) is 7.02. The fourth-order valence-corrected chi connectivity index (χ4v) is 3.93. The van der Waals surface area contributed by atoms with E-state index in [1.165, 1.54) is 4.88 Å². The van der Waals surface area contributed by atoms with Gasteiger partial charge in [0.25, 0.3) is 0 Å². The van der Waals surface area contributed by atoms with E-state index < -0.39 is 10.0 Å². The highest BCUT2D eigenvalue weighted by Gasteiger charge is 2.08. The number of halogens is 1. The second-order valence-electron chi connectivity index (χ2n) is 4.78. The number of rotatable bonds is 6. The Hall–Kier alpha value is -0.730. The molecular weight excluding hydrogens is 372 g/mol. The Morgan fingerprint density at radius 2 is 2.00 bits per heavy atom. The summed E-state index contributed by atoms with van der Waals surface area (Å²) in [6, 6.07) is 9.10. The Bertz CT molecular complexity index is 696. The van der Waals surface area contributed by atoms with Crippen molar-refractivity contribution in [2.45, 2.75) is 24.3 Å². The summed E-state index contributed by atoms with van der Waals surface area (Å²) in [5, 5.41) is 10.6. The van der Waals surface area contributed by atoms with Gasteiger partial charge in [0, 0.05) is 20.8 Å². The number of sulfonamides is 1. The van der Waals surface area contributed by atoms with E-state index in [-0.39, 0.29) is 4.90 Å². The average molecular weight is 389 g/mol. The van der Waals surface area contributed by atoms with Gasteiger partial charge in [-0.25, -0.2) is 13.6 Å². The minimum atomic E-state index is -3.61. The van der Waals surface area contributed by atoms with Crippen LogP contribution in [0, 0.1) is 0 Å². The molecule has 0 amide bonds. The highest BCUT2D eigenvalue weighted by atomic mass is 79.9. The van der Waals surface area contributed by atoms with Crippen molar-refractivity contribution in [2.24, 2.45) is 5.14 Å². The van der Waals surface area contributed by atoms with E-state index in [1.54, 1.807) is 35.6 Å². The zero-order chi connectivity index (χ0) is 15.5. The summed E-state index contributed by atoms with van der Waals surface area (Å²) in [6.07, 6.45) is 0.835. The first-order chi connectivity index (χ1) is 9.86. The zero-order valence-electron chi connectivity index (χ0n) is 11.5. The summed E-state index contributed by atoms with van der Waals surface area (Å²) in [7, 11) is -3.61. The van der Waals surface area contributed by atoms with E-state index in [0.717, 1.165) is 23.0 Å². The van der Waals surface area contributed by atoms with Crippen LogP contribution < -0.4 is 10.5 Å². The number of primary sulfonamides is 1. The average Bonchev–Trinajstić information content (AvgIpc) is 2.85. The molecule has 0 saturated heterocycles. The minimum absolute atomic E-state index is 0.149. The van der Waals surface area contributed by atoms with E-state index in [1.807, 2.05) is 0 Å². The molecule has 7 heteroatoms. The van der Waals surface area contributed by atoms with Crippen molar-refractivity contribution in [3.05, 3.63) is 50.6 Å². The standard InChI is InChI=1S/C14H17BrN2O2S2/c1-10(14-8-12(15)9-20-14)17-7-6-11-2-4-13(5-3-11)21(16,18)19/h2-5,8-10,17H,6-7H2,1H3,(H2,16,18,19). The molecule has 21 heavy (non-hydrogen) atoms. The molecule has 0 bridgehead atoms. The molecular formula is C14H17BrN2O2S2. The lowest BCUT2D eigenvalue weighted by molar-refractivity contribution is 0.584. The van der Waals surface area contributed by atoms with Crippen LogP contribution in [-0.2, 0) is 16.4 Å². The van der Waals surface area contributed by atoms with Crippen molar-refractivity contribution in [1.82, 2.24) is 5.32 Å².